The molecular weight excluding hydrogens is 1110 g/mol. The van der Waals surface area contributed by atoms with E-state index in [1.54, 1.807) is 20.8 Å². The number of unbranched alkanes of at least 4 members (excludes halogenated alkanes) is 2. The number of benzene rings is 2. The molecule has 28 nitrogen and oxygen atoms in total. The summed E-state index contributed by atoms with van der Waals surface area (Å²) < 4.78 is 5.20. The average molecular weight is 1190 g/mol. The molecule has 0 fully saturated rings. The number of ether oxygens (including phenoxy) is 1. The standard InChI is InChI=1S/C54H85ClN12O16/c1-29(61-48(78)30(2)62-53(82)83-54(3,4)5)49(79)63-35(13-7-9-24-67(25-36(70)41(74)43(76)38(72)27-68)26-37(71)42(75)44(77)39(73)28-69)50(80)59-23-10-12-32-16-20-34(21-17-32)33-18-14-31(15-19-33)11-6-8-22-60-52(58)66-51(81)40-46(56)65-47(57)45(55)64-40/h14-21,29-30,35-39,41-44,68-77H,6-13,22-28H2,1-5H3,(H,59,80)(H,61,78)(H,62,82)(H,63,79)(H4,56,57,65)(H3,58,60,66,81)/t29-,30-,35-,36-,37-,38+,39+,41+,42+,43+,44+/m0/s1. The van der Waals surface area contributed by atoms with Crippen molar-refractivity contribution in [1.82, 2.24) is 46.8 Å². The predicted molar refractivity (Wildman–Crippen MR) is 306 cm³/mol. The van der Waals surface area contributed by atoms with Crippen LogP contribution in [0.3, 0.4) is 0 Å². The Morgan fingerprint density at radius 1 is 0.627 bits per heavy atom. The van der Waals surface area contributed by atoms with Gasteiger partial charge in [0.15, 0.2) is 28.4 Å². The molecule has 0 aliphatic carbocycles. The van der Waals surface area contributed by atoms with Gasteiger partial charge in [-0.1, -0.05) is 60.1 Å². The van der Waals surface area contributed by atoms with Crippen molar-refractivity contribution < 1.29 is 79.8 Å². The number of carbonyl (C=O) groups excluding carboxylic acids is 5. The molecule has 0 saturated heterocycles. The van der Waals surface area contributed by atoms with E-state index < -0.39 is 129 Å². The topological polar surface area (TPSA) is 474 Å². The van der Waals surface area contributed by atoms with Crippen LogP contribution in [0.4, 0.5) is 16.4 Å². The lowest BCUT2D eigenvalue weighted by molar-refractivity contribution is -0.132. The lowest BCUT2D eigenvalue weighted by Gasteiger charge is -2.33. The molecule has 5 amide bonds. The van der Waals surface area contributed by atoms with Gasteiger partial charge in [0.25, 0.3) is 5.91 Å². The van der Waals surface area contributed by atoms with Gasteiger partial charge in [0.2, 0.25) is 17.7 Å². The van der Waals surface area contributed by atoms with Crippen molar-refractivity contribution in [3.63, 3.8) is 0 Å². The molecule has 0 aliphatic heterocycles. The zero-order chi connectivity index (χ0) is 62.1. The number of rotatable bonds is 34. The van der Waals surface area contributed by atoms with E-state index >= 15 is 0 Å². The Balaban J connectivity index is 1.61. The molecule has 3 aromatic rings. The van der Waals surface area contributed by atoms with E-state index in [-0.39, 0.29) is 60.8 Å². The molecule has 11 atom stereocenters. The number of anilines is 2. The van der Waals surface area contributed by atoms with Gasteiger partial charge in [-0.2, -0.15) is 0 Å². The quantitative estimate of drug-likeness (QED) is 0.0167. The van der Waals surface area contributed by atoms with Crippen LogP contribution in [0, 0.1) is 5.41 Å². The number of amides is 5. The highest BCUT2D eigenvalue weighted by Crippen LogP contribution is 2.22. The summed E-state index contributed by atoms with van der Waals surface area (Å²) in [6.07, 6.45) is -12.3. The predicted octanol–water partition coefficient (Wildman–Crippen LogP) is -2.47. The first-order chi connectivity index (χ1) is 39.0. The summed E-state index contributed by atoms with van der Waals surface area (Å²) in [5.74, 6) is -3.32. The van der Waals surface area contributed by atoms with Crippen LogP contribution < -0.4 is 43.4 Å². The number of hydrogen-bond acceptors (Lipinski definition) is 22. The zero-order valence-corrected chi connectivity index (χ0v) is 48.1. The fourth-order valence-electron chi connectivity index (χ4n) is 8.18. The van der Waals surface area contributed by atoms with Crippen molar-refractivity contribution in [3.05, 3.63) is 70.5 Å². The van der Waals surface area contributed by atoms with Gasteiger partial charge in [-0.3, -0.25) is 34.8 Å². The Hall–Kier alpha value is -6.41. The summed E-state index contributed by atoms with van der Waals surface area (Å²) >= 11 is 5.85. The second kappa shape index (κ2) is 35.0. The molecular formula is C54H85ClN12O16. The van der Waals surface area contributed by atoms with E-state index in [2.05, 4.69) is 41.9 Å². The number of aliphatic hydroxyl groups is 10. The van der Waals surface area contributed by atoms with Gasteiger partial charge < -0.3 is 93.9 Å². The average Bonchev–Trinajstić information content (AvgIpc) is 3.51. The van der Waals surface area contributed by atoms with Gasteiger partial charge in [0.05, 0.1) is 25.4 Å². The normalized spacial score (nSPS) is 15.7. The molecule has 0 spiro atoms. The first-order valence-corrected chi connectivity index (χ1v) is 27.6. The molecule has 0 radical (unpaired) electrons. The van der Waals surface area contributed by atoms with Gasteiger partial charge in [-0.25, -0.2) is 14.8 Å². The summed E-state index contributed by atoms with van der Waals surface area (Å²) in [6, 6.07) is 12.6. The molecule has 0 bridgehead atoms. The van der Waals surface area contributed by atoms with Gasteiger partial charge in [-0.05, 0) is 115 Å². The van der Waals surface area contributed by atoms with E-state index in [9.17, 15) is 75.0 Å². The molecule has 0 aliphatic rings. The van der Waals surface area contributed by atoms with Gasteiger partial charge >= 0.3 is 6.09 Å². The maximum absolute atomic E-state index is 13.8. The number of aryl methyl sites for hydroxylation is 2. The number of nitrogens with one attached hydrogen (secondary N) is 7. The lowest BCUT2D eigenvalue weighted by Crippen LogP contribution is -2.55. The maximum Gasteiger partial charge on any atom is 0.408 e. The number of aliphatic hydroxyl groups excluding tert-OH is 10. The monoisotopic (exact) mass is 1190 g/mol. The Kier molecular flexibility index (Phi) is 29.9. The minimum absolute atomic E-state index is 0.00777. The minimum Gasteiger partial charge on any atom is -0.444 e. The van der Waals surface area contributed by atoms with Crippen molar-refractivity contribution in [2.75, 3.05) is 57.4 Å². The van der Waals surface area contributed by atoms with Gasteiger partial charge in [0, 0.05) is 26.2 Å². The minimum atomic E-state index is -1.99. The highest BCUT2D eigenvalue weighted by molar-refractivity contribution is 6.31. The molecule has 0 saturated carbocycles. The van der Waals surface area contributed by atoms with Crippen LogP contribution in [0.2, 0.25) is 5.15 Å². The Morgan fingerprint density at radius 2 is 1.11 bits per heavy atom. The molecule has 21 N–H and O–H groups in total. The number of alkyl carbamates (subject to hydrolysis) is 1. The summed E-state index contributed by atoms with van der Waals surface area (Å²) in [7, 11) is 0. The number of aromatic nitrogens is 2. The number of guanidine groups is 1. The van der Waals surface area contributed by atoms with Crippen molar-refractivity contribution in [2.45, 2.75) is 159 Å². The molecule has 83 heavy (non-hydrogen) atoms. The number of halogens is 1. The highest BCUT2D eigenvalue weighted by Gasteiger charge is 2.35. The highest BCUT2D eigenvalue weighted by atomic mass is 35.5. The SMILES string of the molecule is C[C@H](NC(=O)OC(C)(C)C)C(=O)N[C@@H](C)C(=O)N[C@@H](CCCCN(C[C@H](O)[C@@H](O)[C@H](O)[C@H](O)CO)C[C@H](O)[C@@H](O)[C@H](O)[C@H](O)CO)C(=O)NCCCc1ccc(-c2ccc(CCCCNC(=N)NC(=O)c3nc(Cl)c(N)nc3N)cc2)cc1. The maximum atomic E-state index is 13.8. The number of hydrogen-bond donors (Lipinski definition) is 19. The van der Waals surface area contributed by atoms with Crippen molar-refractivity contribution in [2.24, 2.45) is 0 Å². The molecule has 1 heterocycles. The van der Waals surface area contributed by atoms with E-state index in [1.165, 1.54) is 18.7 Å². The summed E-state index contributed by atoms with van der Waals surface area (Å²) in [5, 5.41) is 125. The number of nitrogens with zero attached hydrogens (tertiary/aromatic N) is 3. The number of carbonyl (C=O) groups is 5. The molecule has 3 rings (SSSR count). The first kappa shape index (κ1) is 70.9. The Morgan fingerprint density at radius 3 is 1.63 bits per heavy atom. The second-order valence-electron chi connectivity index (χ2n) is 21.1. The molecule has 464 valence electrons. The third-order valence-electron chi connectivity index (χ3n) is 13.0. The molecule has 29 heteroatoms. The largest absolute Gasteiger partial charge is 0.444 e. The molecule has 0 unspecified atom stereocenters. The Labute approximate surface area is 486 Å². The molecule has 1 aromatic heterocycles. The van der Waals surface area contributed by atoms with Crippen LogP contribution in [-0.4, -0.2) is 220 Å². The van der Waals surface area contributed by atoms with Crippen molar-refractivity contribution >= 4 is 58.9 Å². The lowest BCUT2D eigenvalue weighted by atomic mass is 9.99. The fourth-order valence-corrected chi connectivity index (χ4v) is 8.31. The first-order valence-electron chi connectivity index (χ1n) is 27.2. The van der Waals surface area contributed by atoms with Crippen molar-refractivity contribution in [3.8, 4) is 11.1 Å². The van der Waals surface area contributed by atoms with E-state index in [1.807, 2.05) is 48.5 Å². The zero-order valence-electron chi connectivity index (χ0n) is 47.4. The Bertz CT molecular complexity index is 2500. The number of nitrogen functional groups attached to an aromatic ring is 2. The third kappa shape index (κ3) is 24.8. The third-order valence-corrected chi connectivity index (χ3v) is 13.3. The van der Waals surface area contributed by atoms with Crippen LogP contribution in [0.1, 0.15) is 94.8 Å². The van der Waals surface area contributed by atoms with Gasteiger partial charge in [-0.15, -0.1) is 0 Å². The van der Waals surface area contributed by atoms with Crippen LogP contribution in [0.5, 0.6) is 0 Å². The van der Waals surface area contributed by atoms with E-state index in [4.69, 9.17) is 33.2 Å². The fraction of sp³-hybridized carbons (Fsp3) is 0.593. The number of nitrogens with two attached hydrogens (primary N) is 2. The van der Waals surface area contributed by atoms with E-state index in [0.29, 0.717) is 25.8 Å². The van der Waals surface area contributed by atoms with E-state index in [0.717, 1.165) is 35.1 Å². The summed E-state index contributed by atoms with van der Waals surface area (Å²) in [6.45, 7) is 5.43. The van der Waals surface area contributed by atoms with Crippen LogP contribution >= 0.6 is 11.6 Å². The van der Waals surface area contributed by atoms with Crippen LogP contribution in [0.15, 0.2) is 48.5 Å². The van der Waals surface area contributed by atoms with Crippen LogP contribution in [-0.2, 0) is 32.0 Å². The van der Waals surface area contributed by atoms with Crippen LogP contribution in [0.25, 0.3) is 11.1 Å². The van der Waals surface area contributed by atoms with Gasteiger partial charge in [0.1, 0.15) is 60.4 Å². The summed E-state index contributed by atoms with van der Waals surface area (Å²) in [5.41, 5.74) is 14.3. The summed E-state index contributed by atoms with van der Waals surface area (Å²) in [4.78, 5) is 74.0. The molecule has 2 aromatic carbocycles. The smallest absolute Gasteiger partial charge is 0.408 e. The van der Waals surface area contributed by atoms with Crippen molar-refractivity contribution in [1.29, 1.82) is 5.41 Å². The second-order valence-corrected chi connectivity index (χ2v) is 21.5.